The molecular weight excluding hydrogens is 372 g/mol. The van der Waals surface area contributed by atoms with E-state index >= 15 is 0 Å². The summed E-state index contributed by atoms with van der Waals surface area (Å²) in [5, 5.41) is 6.28. The van der Waals surface area contributed by atoms with Crippen molar-refractivity contribution in [3.05, 3.63) is 11.2 Å². The van der Waals surface area contributed by atoms with Gasteiger partial charge in [-0.25, -0.2) is 14.6 Å². The van der Waals surface area contributed by atoms with E-state index in [0.717, 1.165) is 0 Å². The van der Waals surface area contributed by atoms with Crippen molar-refractivity contribution in [2.45, 2.75) is 12.1 Å². The van der Waals surface area contributed by atoms with Crippen molar-refractivity contribution in [2.24, 2.45) is 0 Å². The normalized spacial score (nSPS) is 27.4. The molecule has 4 fully saturated rings. The second-order valence-electron chi connectivity index (χ2n) is 7.30. The van der Waals surface area contributed by atoms with Crippen molar-refractivity contribution in [1.82, 2.24) is 30.4 Å². The number of carbonyl (C=O) groups excluding carboxylic acids is 2. The van der Waals surface area contributed by atoms with Crippen LogP contribution in [0.25, 0.3) is 0 Å². The molecule has 4 saturated heterocycles. The molecule has 5 heterocycles. The highest BCUT2D eigenvalue weighted by molar-refractivity contribution is 6.32. The van der Waals surface area contributed by atoms with Crippen molar-refractivity contribution in [3.63, 3.8) is 0 Å². The van der Waals surface area contributed by atoms with Crippen LogP contribution in [0.15, 0.2) is 6.20 Å². The Bertz CT molecular complexity index is 792. The van der Waals surface area contributed by atoms with Crippen molar-refractivity contribution in [3.8, 4) is 0 Å². The largest absolute Gasteiger partial charge is 0.351 e. The highest BCUT2D eigenvalue weighted by atomic mass is 35.5. The smallest absolute Gasteiger partial charge is 0.317 e. The molecule has 2 N–H and O–H groups in total. The maximum atomic E-state index is 11.8. The third-order valence-electron chi connectivity index (χ3n) is 5.76. The summed E-state index contributed by atoms with van der Waals surface area (Å²) in [4.78, 5) is 40.7. The molecule has 0 saturated carbocycles. The van der Waals surface area contributed by atoms with Gasteiger partial charge in [-0.15, -0.1) is 0 Å². The molecule has 1 aromatic rings. The van der Waals surface area contributed by atoms with E-state index in [1.807, 2.05) is 9.80 Å². The van der Waals surface area contributed by atoms with E-state index in [-0.39, 0.29) is 24.1 Å². The molecular formula is C16H21ClN8O2. The Balaban J connectivity index is 1.34. The average molecular weight is 393 g/mol. The summed E-state index contributed by atoms with van der Waals surface area (Å²) in [7, 11) is 0. The molecule has 1 aromatic heterocycles. The van der Waals surface area contributed by atoms with E-state index in [1.54, 1.807) is 6.20 Å². The molecule has 5 rings (SSSR count). The number of urea groups is 2. The number of rotatable bonds is 2. The van der Waals surface area contributed by atoms with Crippen molar-refractivity contribution >= 4 is 35.4 Å². The number of carbonyl (C=O) groups is 2. The number of nitrogens with zero attached hydrogens (tertiary/aromatic N) is 6. The number of anilines is 2. The first kappa shape index (κ1) is 16.7. The summed E-state index contributed by atoms with van der Waals surface area (Å²) in [6.07, 6.45) is 1.65. The monoisotopic (exact) mass is 392 g/mol. The minimum absolute atomic E-state index is 0.00622. The van der Waals surface area contributed by atoms with Crippen LogP contribution in [0.3, 0.4) is 0 Å². The molecule has 2 atom stereocenters. The lowest BCUT2D eigenvalue weighted by Gasteiger charge is -2.38. The van der Waals surface area contributed by atoms with E-state index in [9.17, 15) is 9.59 Å². The lowest BCUT2D eigenvalue weighted by molar-refractivity contribution is 0.197. The highest BCUT2D eigenvalue weighted by Crippen LogP contribution is 2.29. The zero-order valence-corrected chi connectivity index (χ0v) is 15.5. The molecule has 4 aliphatic rings. The van der Waals surface area contributed by atoms with Gasteiger partial charge >= 0.3 is 12.1 Å². The molecule has 0 spiro atoms. The fraction of sp³-hybridized carbons (Fsp3) is 0.625. The molecule has 11 heteroatoms. The first-order valence-corrected chi connectivity index (χ1v) is 9.59. The maximum absolute atomic E-state index is 11.8. The summed E-state index contributed by atoms with van der Waals surface area (Å²) in [5.74, 6) is 1.35. The average Bonchev–Trinajstić information content (AvgIpc) is 3.24. The summed E-state index contributed by atoms with van der Waals surface area (Å²) >= 11 is 6.40. The number of halogens is 1. The van der Waals surface area contributed by atoms with Crippen LogP contribution in [-0.4, -0.2) is 96.3 Å². The van der Waals surface area contributed by atoms with Gasteiger partial charge in [0.25, 0.3) is 0 Å². The molecule has 2 unspecified atom stereocenters. The van der Waals surface area contributed by atoms with Crippen molar-refractivity contribution in [1.29, 1.82) is 0 Å². The fourth-order valence-corrected chi connectivity index (χ4v) is 4.52. The number of hydrogen-bond acceptors (Lipinski definition) is 6. The number of fused-ring (bicyclic) bond motifs is 2. The Morgan fingerprint density at radius 3 is 2.19 bits per heavy atom. The van der Waals surface area contributed by atoms with Crippen LogP contribution in [0.2, 0.25) is 5.02 Å². The number of amides is 4. The number of nitrogens with one attached hydrogen (secondary N) is 2. The summed E-state index contributed by atoms with van der Waals surface area (Å²) in [5.41, 5.74) is 0. The van der Waals surface area contributed by atoms with Gasteiger partial charge in [0.1, 0.15) is 5.02 Å². The van der Waals surface area contributed by atoms with Crippen LogP contribution in [0.1, 0.15) is 0 Å². The zero-order chi connectivity index (χ0) is 18.5. The fourth-order valence-electron chi connectivity index (χ4n) is 4.31. The van der Waals surface area contributed by atoms with Gasteiger partial charge < -0.3 is 30.2 Å². The lowest BCUT2D eigenvalue weighted by atomic mass is 10.2. The highest BCUT2D eigenvalue weighted by Gasteiger charge is 2.38. The molecule has 0 aromatic carbocycles. The van der Waals surface area contributed by atoms with Crippen LogP contribution in [0.4, 0.5) is 21.4 Å². The van der Waals surface area contributed by atoms with Gasteiger partial charge in [-0.3, -0.25) is 0 Å². The van der Waals surface area contributed by atoms with Gasteiger partial charge in [0.15, 0.2) is 5.82 Å². The number of hydrogen-bond donors (Lipinski definition) is 2. The SMILES string of the molecule is O=C1NCC2CN(c3ncc(Cl)c(N4CCN5C(=O)NCC5C4)n3)CCN12. The third-order valence-corrected chi connectivity index (χ3v) is 6.03. The van der Waals surface area contributed by atoms with Crippen LogP contribution in [0, 0.1) is 0 Å². The van der Waals surface area contributed by atoms with Crippen molar-refractivity contribution < 1.29 is 9.59 Å². The molecule has 0 radical (unpaired) electrons. The molecule has 4 aliphatic heterocycles. The Morgan fingerprint density at radius 1 is 0.926 bits per heavy atom. The first-order valence-electron chi connectivity index (χ1n) is 9.21. The molecule has 0 bridgehead atoms. The van der Waals surface area contributed by atoms with E-state index in [4.69, 9.17) is 16.6 Å². The molecule has 10 nitrogen and oxygen atoms in total. The topological polar surface area (TPSA) is 96.9 Å². The Labute approximate surface area is 161 Å². The van der Waals surface area contributed by atoms with E-state index in [2.05, 4.69) is 25.4 Å². The first-order chi connectivity index (χ1) is 13.1. The molecule has 4 amide bonds. The quantitative estimate of drug-likeness (QED) is 0.708. The summed E-state index contributed by atoms with van der Waals surface area (Å²) in [6, 6.07) is 0.301. The summed E-state index contributed by atoms with van der Waals surface area (Å²) < 4.78 is 0. The van der Waals surface area contributed by atoms with Crippen LogP contribution >= 0.6 is 11.6 Å². The minimum atomic E-state index is 0.00622. The predicted molar refractivity (Wildman–Crippen MR) is 99.3 cm³/mol. The maximum Gasteiger partial charge on any atom is 0.317 e. The Morgan fingerprint density at radius 2 is 1.52 bits per heavy atom. The zero-order valence-electron chi connectivity index (χ0n) is 14.8. The minimum Gasteiger partial charge on any atom is -0.351 e. The van der Waals surface area contributed by atoms with Gasteiger partial charge in [0.2, 0.25) is 5.95 Å². The second-order valence-corrected chi connectivity index (χ2v) is 7.71. The van der Waals surface area contributed by atoms with Gasteiger partial charge in [-0.2, -0.15) is 4.98 Å². The summed E-state index contributed by atoms with van der Waals surface area (Å²) in [6.45, 7) is 5.40. The number of aromatic nitrogens is 2. The lowest BCUT2D eigenvalue weighted by Crippen LogP contribution is -2.53. The van der Waals surface area contributed by atoms with Crippen molar-refractivity contribution in [2.75, 3.05) is 62.2 Å². The molecule has 0 aliphatic carbocycles. The van der Waals surface area contributed by atoms with Gasteiger partial charge in [0, 0.05) is 52.4 Å². The van der Waals surface area contributed by atoms with E-state index in [0.29, 0.717) is 69.1 Å². The predicted octanol–water partition coefficient (Wildman–Crippen LogP) is -0.442. The van der Waals surface area contributed by atoms with E-state index < -0.39 is 0 Å². The van der Waals surface area contributed by atoms with Crippen LogP contribution < -0.4 is 20.4 Å². The van der Waals surface area contributed by atoms with Crippen LogP contribution in [-0.2, 0) is 0 Å². The standard InChI is InChI=1S/C16H21ClN8O2/c17-12-7-18-14(23-2-4-25-11(9-23)6-20-16(25)27)21-13(12)22-1-3-24-10(8-22)5-19-15(24)26/h7,10-11H,1-6,8-9H2,(H,19,26)(H,20,27). The second kappa shape index (κ2) is 6.29. The Kier molecular flexibility index (Phi) is 3.88. The molecule has 144 valence electrons. The van der Waals surface area contributed by atoms with Crippen LogP contribution in [0.5, 0.6) is 0 Å². The van der Waals surface area contributed by atoms with Gasteiger partial charge in [-0.1, -0.05) is 11.6 Å². The van der Waals surface area contributed by atoms with Gasteiger partial charge in [0.05, 0.1) is 18.3 Å². The Hall–Kier alpha value is -2.49. The third kappa shape index (κ3) is 2.78. The molecule has 27 heavy (non-hydrogen) atoms. The number of piperazine rings is 2. The van der Waals surface area contributed by atoms with E-state index in [1.165, 1.54) is 0 Å². The van der Waals surface area contributed by atoms with Gasteiger partial charge in [-0.05, 0) is 0 Å².